The monoisotopic (exact) mass is 357 g/mol. The molecule has 0 saturated heterocycles. The van der Waals surface area contributed by atoms with Gasteiger partial charge in [0.05, 0.1) is 11.3 Å². The van der Waals surface area contributed by atoms with E-state index in [4.69, 9.17) is 16.4 Å². The number of Topliss-reactive ketones (excluding diaryl/α,β-unsaturated/α-hetero) is 1. The van der Waals surface area contributed by atoms with E-state index in [2.05, 4.69) is 19.0 Å². The standard InChI is InChI=1S/C17H24ClNO3S/c1-4-14(19-22-8-6-7-18)17-15(20)10-13(11-16(17)21)9-12(3)23-5-2/h6-7,10,12,20H,4-5,8-9,11H2,1-3H3/b7-6+,19-14+. The van der Waals surface area contributed by atoms with Crippen LogP contribution in [0, 0.1) is 0 Å². The minimum atomic E-state index is -0.106. The normalized spacial score (nSPS) is 17.7. The number of oxime groups is 1. The molecular formula is C17H24ClNO3S. The van der Waals surface area contributed by atoms with Crippen LogP contribution < -0.4 is 0 Å². The molecule has 1 aliphatic carbocycles. The second-order valence-electron chi connectivity index (χ2n) is 5.18. The highest BCUT2D eigenvalue weighted by Gasteiger charge is 2.25. The number of allylic oxidation sites excluding steroid dienone is 3. The first-order chi connectivity index (χ1) is 11.0. The van der Waals surface area contributed by atoms with Gasteiger partial charge in [0.15, 0.2) is 5.78 Å². The Labute approximate surface area is 147 Å². The van der Waals surface area contributed by atoms with E-state index in [1.807, 2.05) is 18.7 Å². The fraction of sp³-hybridized carbons (Fsp3) is 0.529. The number of halogens is 1. The third kappa shape index (κ3) is 6.43. The highest BCUT2D eigenvalue weighted by molar-refractivity contribution is 7.99. The third-order valence-corrected chi connectivity index (χ3v) is 4.57. The van der Waals surface area contributed by atoms with E-state index in [1.165, 1.54) is 5.54 Å². The van der Waals surface area contributed by atoms with Crippen LogP contribution in [0.1, 0.15) is 40.0 Å². The van der Waals surface area contributed by atoms with Crippen molar-refractivity contribution < 1.29 is 14.7 Å². The van der Waals surface area contributed by atoms with Crippen molar-refractivity contribution in [1.29, 1.82) is 0 Å². The summed E-state index contributed by atoms with van der Waals surface area (Å²) in [6.45, 7) is 6.34. The minimum Gasteiger partial charge on any atom is -0.507 e. The average Bonchev–Trinajstić information content (AvgIpc) is 2.49. The molecule has 0 aromatic rings. The summed E-state index contributed by atoms with van der Waals surface area (Å²) < 4.78 is 0. The molecular weight excluding hydrogens is 334 g/mol. The van der Waals surface area contributed by atoms with Gasteiger partial charge in [0.2, 0.25) is 0 Å². The van der Waals surface area contributed by atoms with Crippen molar-refractivity contribution in [2.75, 3.05) is 12.4 Å². The molecule has 0 aliphatic heterocycles. The first-order valence-corrected chi connectivity index (χ1v) is 9.23. The van der Waals surface area contributed by atoms with Crippen molar-refractivity contribution in [3.05, 3.63) is 34.6 Å². The van der Waals surface area contributed by atoms with Crippen LogP contribution in [-0.2, 0) is 9.63 Å². The lowest BCUT2D eigenvalue weighted by Crippen LogP contribution is -2.20. The number of nitrogens with zero attached hydrogens (tertiary/aromatic N) is 1. The summed E-state index contributed by atoms with van der Waals surface area (Å²) in [5.41, 5.74) is 3.03. The smallest absolute Gasteiger partial charge is 0.172 e. The molecule has 0 bridgehead atoms. The highest BCUT2D eigenvalue weighted by atomic mass is 35.5. The molecule has 1 rings (SSSR count). The molecule has 4 nitrogen and oxygen atoms in total. The highest BCUT2D eigenvalue weighted by Crippen LogP contribution is 2.28. The predicted octanol–water partition coefficient (Wildman–Crippen LogP) is 4.76. The molecule has 0 aromatic carbocycles. The number of ketones is 1. The Morgan fingerprint density at radius 1 is 1.57 bits per heavy atom. The number of aliphatic hydroxyl groups excluding tert-OH is 1. The summed E-state index contributed by atoms with van der Waals surface area (Å²) in [6.07, 6.45) is 4.93. The molecule has 6 heteroatoms. The quantitative estimate of drug-likeness (QED) is 0.367. The van der Waals surface area contributed by atoms with Crippen LogP contribution in [0.3, 0.4) is 0 Å². The number of rotatable bonds is 9. The second-order valence-corrected chi connectivity index (χ2v) is 7.15. The number of hydrogen-bond acceptors (Lipinski definition) is 5. The minimum absolute atomic E-state index is 0.0120. The van der Waals surface area contributed by atoms with Crippen molar-refractivity contribution >= 4 is 34.9 Å². The molecule has 0 saturated carbocycles. The van der Waals surface area contributed by atoms with Crippen LogP contribution >= 0.6 is 23.4 Å². The Hall–Kier alpha value is -1.20. The van der Waals surface area contributed by atoms with Crippen LogP contribution in [0.15, 0.2) is 39.7 Å². The molecule has 0 aromatic heterocycles. The lowest BCUT2D eigenvalue weighted by atomic mass is 9.90. The average molecular weight is 358 g/mol. The number of carbonyl (C=O) groups excluding carboxylic acids is 1. The van der Waals surface area contributed by atoms with Gasteiger partial charge in [0.1, 0.15) is 12.4 Å². The Bertz CT molecular complexity index is 538. The van der Waals surface area contributed by atoms with E-state index in [9.17, 15) is 9.90 Å². The zero-order valence-corrected chi connectivity index (χ0v) is 15.4. The van der Waals surface area contributed by atoms with Crippen LogP contribution in [0.5, 0.6) is 0 Å². The van der Waals surface area contributed by atoms with Gasteiger partial charge in [-0.25, -0.2) is 0 Å². The first-order valence-electron chi connectivity index (χ1n) is 7.75. The van der Waals surface area contributed by atoms with Gasteiger partial charge in [-0.3, -0.25) is 4.79 Å². The molecule has 0 heterocycles. The van der Waals surface area contributed by atoms with E-state index >= 15 is 0 Å². The predicted molar refractivity (Wildman–Crippen MR) is 98.2 cm³/mol. The zero-order valence-electron chi connectivity index (χ0n) is 13.8. The van der Waals surface area contributed by atoms with Crippen LogP contribution in [0.4, 0.5) is 0 Å². The van der Waals surface area contributed by atoms with Gasteiger partial charge in [0.25, 0.3) is 0 Å². The lowest BCUT2D eigenvalue weighted by molar-refractivity contribution is -0.114. The topological polar surface area (TPSA) is 58.9 Å². The molecule has 128 valence electrons. The molecule has 1 unspecified atom stereocenters. The molecule has 1 aliphatic rings. The molecule has 23 heavy (non-hydrogen) atoms. The second kappa shape index (κ2) is 10.6. The maximum absolute atomic E-state index is 12.4. The van der Waals surface area contributed by atoms with Gasteiger partial charge >= 0.3 is 0 Å². The lowest BCUT2D eigenvalue weighted by Gasteiger charge is -2.19. The number of thioether (sulfide) groups is 1. The summed E-state index contributed by atoms with van der Waals surface area (Å²) >= 11 is 7.25. The van der Waals surface area contributed by atoms with Crippen LogP contribution in [0.25, 0.3) is 0 Å². The van der Waals surface area contributed by atoms with Gasteiger partial charge in [-0.2, -0.15) is 11.8 Å². The van der Waals surface area contributed by atoms with Crippen molar-refractivity contribution in [1.82, 2.24) is 0 Å². The van der Waals surface area contributed by atoms with E-state index in [0.717, 1.165) is 17.7 Å². The maximum Gasteiger partial charge on any atom is 0.172 e. The summed E-state index contributed by atoms with van der Waals surface area (Å²) in [4.78, 5) is 17.5. The van der Waals surface area contributed by atoms with Gasteiger partial charge in [-0.1, -0.05) is 43.1 Å². The summed E-state index contributed by atoms with van der Waals surface area (Å²) in [5.74, 6) is 0.920. The van der Waals surface area contributed by atoms with Crippen molar-refractivity contribution in [2.24, 2.45) is 5.16 Å². The fourth-order valence-electron chi connectivity index (χ4n) is 2.39. The Morgan fingerprint density at radius 2 is 2.30 bits per heavy atom. The fourth-order valence-corrected chi connectivity index (χ4v) is 3.36. The van der Waals surface area contributed by atoms with Crippen LogP contribution in [-0.4, -0.2) is 34.2 Å². The van der Waals surface area contributed by atoms with Gasteiger partial charge in [-0.15, -0.1) is 0 Å². The Morgan fingerprint density at radius 3 is 2.87 bits per heavy atom. The number of carbonyl (C=O) groups is 1. The molecule has 1 N–H and O–H groups in total. The van der Waals surface area contributed by atoms with Gasteiger partial charge in [-0.05, 0) is 30.7 Å². The van der Waals surface area contributed by atoms with Crippen molar-refractivity contribution in [3.8, 4) is 0 Å². The molecule has 1 atom stereocenters. The Kier molecular flexibility index (Phi) is 9.10. The third-order valence-electron chi connectivity index (χ3n) is 3.32. The molecule has 0 spiro atoms. The maximum atomic E-state index is 12.4. The van der Waals surface area contributed by atoms with E-state index in [-0.39, 0.29) is 23.7 Å². The van der Waals surface area contributed by atoms with E-state index in [1.54, 1.807) is 12.2 Å². The molecule has 0 fully saturated rings. The summed E-state index contributed by atoms with van der Waals surface area (Å²) in [6, 6.07) is 0. The van der Waals surface area contributed by atoms with Crippen molar-refractivity contribution in [2.45, 2.75) is 45.3 Å². The van der Waals surface area contributed by atoms with E-state index < -0.39 is 0 Å². The summed E-state index contributed by atoms with van der Waals surface area (Å²) in [7, 11) is 0. The number of aliphatic hydroxyl groups is 1. The Balaban J connectivity index is 2.91. The SMILES string of the molecule is CCSC(C)CC1=CC(O)=C(/C(CC)=N/OC/C=C/Cl)C(=O)C1. The summed E-state index contributed by atoms with van der Waals surface area (Å²) in [5, 5.41) is 14.6. The molecule has 0 amide bonds. The van der Waals surface area contributed by atoms with E-state index in [0.29, 0.717) is 23.8 Å². The van der Waals surface area contributed by atoms with Gasteiger partial charge < -0.3 is 9.94 Å². The molecule has 0 radical (unpaired) electrons. The van der Waals surface area contributed by atoms with Crippen LogP contribution in [0.2, 0.25) is 0 Å². The van der Waals surface area contributed by atoms with Crippen molar-refractivity contribution in [3.63, 3.8) is 0 Å². The van der Waals surface area contributed by atoms with Gasteiger partial charge in [0, 0.05) is 17.2 Å². The zero-order chi connectivity index (χ0) is 17.2. The largest absolute Gasteiger partial charge is 0.507 e. The first kappa shape index (κ1) is 19.8. The number of hydrogen-bond donors (Lipinski definition) is 1.